The molecule has 1 aromatic carbocycles. The highest BCUT2D eigenvalue weighted by Crippen LogP contribution is 2.23. The standard InChI is InChI=1S/C18H25NO5/c1-12(9-15(20)11-16(21)23-5)13-7-6-8-14(10-13)19-17(22)24-18(2,3)4/h6-8,10,12H,9,11H2,1-5H3,(H,19,22). The van der Waals surface area contributed by atoms with Gasteiger partial charge < -0.3 is 9.47 Å². The summed E-state index contributed by atoms with van der Waals surface area (Å²) in [5.41, 5.74) is 0.908. The highest BCUT2D eigenvalue weighted by atomic mass is 16.6. The summed E-state index contributed by atoms with van der Waals surface area (Å²) < 4.78 is 9.70. The summed E-state index contributed by atoms with van der Waals surface area (Å²) in [5, 5.41) is 2.67. The predicted octanol–water partition coefficient (Wildman–Crippen LogP) is 3.66. The van der Waals surface area contributed by atoms with Crippen molar-refractivity contribution in [3.05, 3.63) is 29.8 Å². The van der Waals surface area contributed by atoms with E-state index in [4.69, 9.17) is 4.74 Å². The van der Waals surface area contributed by atoms with Crippen molar-refractivity contribution in [3.63, 3.8) is 0 Å². The molecule has 0 bridgehead atoms. The van der Waals surface area contributed by atoms with Crippen molar-refractivity contribution in [1.29, 1.82) is 0 Å². The molecule has 0 saturated heterocycles. The Bertz CT molecular complexity index is 604. The summed E-state index contributed by atoms with van der Waals surface area (Å²) >= 11 is 0. The second-order valence-electron chi connectivity index (χ2n) is 6.65. The quantitative estimate of drug-likeness (QED) is 0.634. The van der Waals surface area contributed by atoms with E-state index >= 15 is 0 Å². The van der Waals surface area contributed by atoms with Gasteiger partial charge in [-0.2, -0.15) is 0 Å². The maximum Gasteiger partial charge on any atom is 0.412 e. The van der Waals surface area contributed by atoms with Gasteiger partial charge in [-0.1, -0.05) is 19.1 Å². The number of Topliss-reactive ketones (excluding diaryl/α,β-unsaturated/α-hetero) is 1. The van der Waals surface area contributed by atoms with E-state index in [9.17, 15) is 14.4 Å². The van der Waals surface area contributed by atoms with E-state index in [0.29, 0.717) is 5.69 Å². The van der Waals surface area contributed by atoms with Crippen LogP contribution in [0.2, 0.25) is 0 Å². The van der Waals surface area contributed by atoms with Gasteiger partial charge in [-0.3, -0.25) is 14.9 Å². The summed E-state index contributed by atoms with van der Waals surface area (Å²) in [6, 6.07) is 7.20. The van der Waals surface area contributed by atoms with Gasteiger partial charge in [-0.05, 0) is 44.4 Å². The Balaban J connectivity index is 2.68. The average molecular weight is 335 g/mol. The van der Waals surface area contributed by atoms with E-state index in [2.05, 4.69) is 10.1 Å². The number of ketones is 1. The molecule has 0 aliphatic carbocycles. The summed E-state index contributed by atoms with van der Waals surface area (Å²) in [5.74, 6) is -0.796. The van der Waals surface area contributed by atoms with Crippen LogP contribution in [-0.2, 0) is 19.1 Å². The molecule has 1 N–H and O–H groups in total. The summed E-state index contributed by atoms with van der Waals surface area (Å²) in [7, 11) is 1.25. The third-order valence-corrected chi connectivity index (χ3v) is 3.20. The number of methoxy groups -OCH3 is 1. The Kier molecular flexibility index (Phi) is 6.95. The van der Waals surface area contributed by atoms with Crippen molar-refractivity contribution >= 4 is 23.5 Å². The van der Waals surface area contributed by atoms with Gasteiger partial charge in [0.1, 0.15) is 17.8 Å². The number of carbonyl (C=O) groups excluding carboxylic acids is 3. The number of anilines is 1. The molecule has 1 rings (SSSR count). The van der Waals surface area contributed by atoms with Crippen LogP contribution in [0.3, 0.4) is 0 Å². The third kappa shape index (κ3) is 7.26. The lowest BCUT2D eigenvalue weighted by Crippen LogP contribution is -2.27. The van der Waals surface area contributed by atoms with Crippen molar-refractivity contribution < 1.29 is 23.9 Å². The van der Waals surface area contributed by atoms with E-state index < -0.39 is 17.7 Å². The summed E-state index contributed by atoms with van der Waals surface area (Å²) in [4.78, 5) is 34.8. The molecule has 24 heavy (non-hydrogen) atoms. The van der Waals surface area contributed by atoms with Gasteiger partial charge in [0.05, 0.1) is 7.11 Å². The van der Waals surface area contributed by atoms with Crippen molar-refractivity contribution in [1.82, 2.24) is 0 Å². The molecule has 0 fully saturated rings. The van der Waals surface area contributed by atoms with Crippen LogP contribution in [0, 0.1) is 0 Å². The summed E-state index contributed by atoms with van der Waals surface area (Å²) in [6.07, 6.45) is -0.532. The maximum atomic E-state index is 11.8. The molecule has 1 aromatic rings. The normalized spacial score (nSPS) is 12.2. The lowest BCUT2D eigenvalue weighted by Gasteiger charge is -2.20. The second kappa shape index (κ2) is 8.47. The van der Waals surface area contributed by atoms with E-state index in [1.54, 1.807) is 39.0 Å². The van der Waals surface area contributed by atoms with E-state index in [1.807, 2.05) is 13.0 Å². The molecule has 6 nitrogen and oxygen atoms in total. The van der Waals surface area contributed by atoms with Gasteiger partial charge in [0, 0.05) is 12.1 Å². The van der Waals surface area contributed by atoms with E-state index in [0.717, 1.165) is 5.56 Å². The van der Waals surface area contributed by atoms with Gasteiger partial charge in [0.2, 0.25) is 0 Å². The van der Waals surface area contributed by atoms with E-state index in [1.165, 1.54) is 7.11 Å². The number of carbonyl (C=O) groups is 3. The molecule has 0 aliphatic heterocycles. The van der Waals surface area contributed by atoms with E-state index in [-0.39, 0.29) is 24.5 Å². The Morgan fingerprint density at radius 1 is 1.21 bits per heavy atom. The molecule has 132 valence electrons. The summed E-state index contributed by atoms with van der Waals surface area (Å²) in [6.45, 7) is 7.26. The monoisotopic (exact) mass is 335 g/mol. The zero-order chi connectivity index (χ0) is 18.3. The van der Waals surface area contributed by atoms with Gasteiger partial charge >= 0.3 is 12.1 Å². The molecular weight excluding hydrogens is 310 g/mol. The minimum Gasteiger partial charge on any atom is -0.469 e. The zero-order valence-corrected chi connectivity index (χ0v) is 14.8. The number of ether oxygens (including phenoxy) is 2. The van der Waals surface area contributed by atoms with Gasteiger partial charge in [0.15, 0.2) is 0 Å². The maximum absolute atomic E-state index is 11.8. The highest BCUT2D eigenvalue weighted by Gasteiger charge is 2.18. The topological polar surface area (TPSA) is 81.7 Å². The van der Waals surface area contributed by atoms with Crippen molar-refractivity contribution in [2.24, 2.45) is 0 Å². The first-order valence-electron chi connectivity index (χ1n) is 7.79. The lowest BCUT2D eigenvalue weighted by atomic mass is 9.94. The molecule has 0 aliphatic rings. The molecule has 1 amide bonds. The number of hydrogen-bond acceptors (Lipinski definition) is 5. The van der Waals surface area contributed by atoms with Gasteiger partial charge in [0.25, 0.3) is 0 Å². The van der Waals surface area contributed by atoms with Gasteiger partial charge in [-0.25, -0.2) is 4.79 Å². The first kappa shape index (κ1) is 19.7. The van der Waals surface area contributed by atoms with Crippen LogP contribution in [-0.4, -0.2) is 30.6 Å². The Morgan fingerprint density at radius 3 is 2.46 bits per heavy atom. The fraction of sp³-hybridized carbons (Fsp3) is 0.500. The number of nitrogens with one attached hydrogen (secondary N) is 1. The van der Waals surface area contributed by atoms with Crippen LogP contribution >= 0.6 is 0 Å². The van der Waals surface area contributed by atoms with Crippen LogP contribution < -0.4 is 5.32 Å². The van der Waals surface area contributed by atoms with Crippen molar-refractivity contribution in [2.45, 2.75) is 52.1 Å². The zero-order valence-electron chi connectivity index (χ0n) is 14.8. The molecule has 1 unspecified atom stereocenters. The molecule has 0 saturated carbocycles. The minimum atomic E-state index is -0.574. The molecule has 6 heteroatoms. The second-order valence-corrected chi connectivity index (χ2v) is 6.65. The lowest BCUT2D eigenvalue weighted by molar-refractivity contribution is -0.143. The Labute approximate surface area is 142 Å². The number of amides is 1. The minimum absolute atomic E-state index is 0.0810. The number of hydrogen-bond donors (Lipinski definition) is 1. The average Bonchev–Trinajstić information content (AvgIpc) is 2.45. The highest BCUT2D eigenvalue weighted by molar-refractivity contribution is 5.95. The van der Waals surface area contributed by atoms with Crippen molar-refractivity contribution in [2.75, 3.05) is 12.4 Å². The first-order chi connectivity index (χ1) is 11.1. The first-order valence-corrected chi connectivity index (χ1v) is 7.79. The fourth-order valence-corrected chi connectivity index (χ4v) is 2.11. The van der Waals surface area contributed by atoms with Gasteiger partial charge in [-0.15, -0.1) is 0 Å². The molecular formula is C18H25NO5. The number of rotatable bonds is 6. The predicted molar refractivity (Wildman–Crippen MR) is 91.0 cm³/mol. The molecule has 1 atom stereocenters. The van der Waals surface area contributed by atoms with Crippen molar-refractivity contribution in [3.8, 4) is 0 Å². The molecule has 0 spiro atoms. The number of benzene rings is 1. The van der Waals surface area contributed by atoms with Crippen LogP contribution in [0.1, 0.15) is 52.0 Å². The largest absolute Gasteiger partial charge is 0.469 e. The third-order valence-electron chi connectivity index (χ3n) is 3.20. The Hall–Kier alpha value is -2.37. The smallest absolute Gasteiger partial charge is 0.412 e. The van der Waals surface area contributed by atoms with Crippen LogP contribution in [0.15, 0.2) is 24.3 Å². The molecule has 0 radical (unpaired) electrons. The van der Waals surface area contributed by atoms with Crippen LogP contribution in [0.25, 0.3) is 0 Å². The molecule has 0 heterocycles. The molecule has 0 aromatic heterocycles. The Morgan fingerprint density at radius 2 is 1.88 bits per heavy atom. The fourth-order valence-electron chi connectivity index (χ4n) is 2.11. The van der Waals surface area contributed by atoms with Crippen LogP contribution in [0.4, 0.5) is 10.5 Å². The number of esters is 1. The van der Waals surface area contributed by atoms with Crippen LogP contribution in [0.5, 0.6) is 0 Å². The SMILES string of the molecule is COC(=O)CC(=O)CC(C)c1cccc(NC(=O)OC(C)(C)C)c1.